The van der Waals surface area contributed by atoms with Gasteiger partial charge in [0, 0.05) is 12.0 Å². The number of methoxy groups -OCH3 is 1. The molecule has 1 aromatic carbocycles. The number of benzene rings is 1. The lowest BCUT2D eigenvalue weighted by Gasteiger charge is -2.31. The maximum Gasteiger partial charge on any atom is 0.162 e. The second kappa shape index (κ2) is 6.20. The van der Waals surface area contributed by atoms with E-state index in [9.17, 15) is 9.90 Å². The molecular weight excluding hydrogens is 240 g/mol. The summed E-state index contributed by atoms with van der Waals surface area (Å²) in [5, 5.41) is 10.4. The molecule has 0 heterocycles. The maximum absolute atomic E-state index is 12.1. The molecule has 0 amide bonds. The van der Waals surface area contributed by atoms with Crippen LogP contribution in [-0.2, 0) is 0 Å². The number of ether oxygens (including phenoxy) is 1. The Morgan fingerprint density at radius 2 is 1.84 bits per heavy atom. The Morgan fingerprint density at radius 1 is 1.21 bits per heavy atom. The summed E-state index contributed by atoms with van der Waals surface area (Å²) in [4.78, 5) is 12.1. The molecule has 0 radical (unpaired) electrons. The third-order valence-corrected chi connectivity index (χ3v) is 4.01. The van der Waals surface area contributed by atoms with Gasteiger partial charge in [-0.05, 0) is 43.5 Å². The standard InChI is InChI=1S/C16H22O3/c1-19-14-7-5-13(6-8-14)15(17)9-12-16(18)10-3-2-4-11-16/h5-8,18H,2-4,9-12H2,1H3. The molecule has 19 heavy (non-hydrogen) atoms. The first kappa shape index (κ1) is 14.1. The lowest BCUT2D eigenvalue weighted by Crippen LogP contribution is -2.31. The van der Waals surface area contributed by atoms with Crippen LogP contribution in [0.15, 0.2) is 24.3 Å². The zero-order valence-electron chi connectivity index (χ0n) is 11.5. The van der Waals surface area contributed by atoms with Gasteiger partial charge in [0.1, 0.15) is 5.75 Å². The molecule has 0 aromatic heterocycles. The molecule has 3 heteroatoms. The largest absolute Gasteiger partial charge is 0.497 e. The van der Waals surface area contributed by atoms with E-state index in [4.69, 9.17) is 4.74 Å². The van der Waals surface area contributed by atoms with Crippen LogP contribution in [0.1, 0.15) is 55.3 Å². The Balaban J connectivity index is 1.89. The van der Waals surface area contributed by atoms with E-state index >= 15 is 0 Å². The Morgan fingerprint density at radius 3 is 2.42 bits per heavy atom. The molecule has 0 unspecified atom stereocenters. The zero-order chi connectivity index (χ0) is 13.7. The summed E-state index contributed by atoms with van der Waals surface area (Å²) in [5.74, 6) is 0.851. The number of hydrogen-bond acceptors (Lipinski definition) is 3. The maximum atomic E-state index is 12.1. The van der Waals surface area contributed by atoms with E-state index in [1.165, 1.54) is 6.42 Å². The van der Waals surface area contributed by atoms with Gasteiger partial charge in [0.2, 0.25) is 0 Å². The van der Waals surface area contributed by atoms with Crippen molar-refractivity contribution in [3.05, 3.63) is 29.8 Å². The van der Waals surface area contributed by atoms with E-state index in [0.29, 0.717) is 18.4 Å². The summed E-state index contributed by atoms with van der Waals surface area (Å²) in [6.07, 6.45) is 6.03. The summed E-state index contributed by atoms with van der Waals surface area (Å²) >= 11 is 0. The third-order valence-electron chi connectivity index (χ3n) is 4.01. The topological polar surface area (TPSA) is 46.5 Å². The van der Waals surface area contributed by atoms with E-state index in [2.05, 4.69) is 0 Å². The molecule has 0 aliphatic heterocycles. The zero-order valence-corrected chi connectivity index (χ0v) is 11.5. The van der Waals surface area contributed by atoms with Gasteiger partial charge >= 0.3 is 0 Å². The minimum Gasteiger partial charge on any atom is -0.497 e. The number of carbonyl (C=O) groups excluding carboxylic acids is 1. The molecule has 1 saturated carbocycles. The Kier molecular flexibility index (Phi) is 4.59. The molecule has 0 saturated heterocycles. The molecule has 3 nitrogen and oxygen atoms in total. The van der Waals surface area contributed by atoms with Crippen LogP contribution in [0.3, 0.4) is 0 Å². The van der Waals surface area contributed by atoms with Gasteiger partial charge in [0.25, 0.3) is 0 Å². The van der Waals surface area contributed by atoms with Crippen LogP contribution >= 0.6 is 0 Å². The molecule has 1 aromatic rings. The van der Waals surface area contributed by atoms with Crippen molar-refractivity contribution in [3.63, 3.8) is 0 Å². The summed E-state index contributed by atoms with van der Waals surface area (Å²) in [5.41, 5.74) is 0.0839. The SMILES string of the molecule is COc1ccc(C(=O)CCC2(O)CCCCC2)cc1. The summed E-state index contributed by atoms with van der Waals surface area (Å²) < 4.78 is 5.07. The van der Waals surface area contributed by atoms with E-state index in [1.807, 2.05) is 0 Å². The van der Waals surface area contributed by atoms with Crippen LogP contribution in [-0.4, -0.2) is 23.6 Å². The van der Waals surface area contributed by atoms with E-state index in [0.717, 1.165) is 31.4 Å². The third kappa shape index (κ3) is 3.80. The average molecular weight is 262 g/mol. The second-order valence-corrected chi connectivity index (χ2v) is 5.44. The highest BCUT2D eigenvalue weighted by molar-refractivity contribution is 5.96. The summed E-state index contributed by atoms with van der Waals surface area (Å²) in [6, 6.07) is 7.16. The smallest absolute Gasteiger partial charge is 0.162 e. The first-order valence-corrected chi connectivity index (χ1v) is 7.03. The average Bonchev–Trinajstić information content (AvgIpc) is 2.46. The Labute approximate surface area is 114 Å². The number of rotatable bonds is 5. The molecule has 0 spiro atoms. The van der Waals surface area contributed by atoms with Gasteiger partial charge in [-0.2, -0.15) is 0 Å². The minimum atomic E-state index is -0.611. The fourth-order valence-corrected chi connectivity index (χ4v) is 2.73. The quantitative estimate of drug-likeness (QED) is 0.828. The van der Waals surface area contributed by atoms with Crippen molar-refractivity contribution in [3.8, 4) is 5.75 Å². The fraction of sp³-hybridized carbons (Fsp3) is 0.562. The summed E-state index contributed by atoms with van der Waals surface area (Å²) in [7, 11) is 1.61. The van der Waals surface area contributed by atoms with Gasteiger partial charge in [-0.1, -0.05) is 19.3 Å². The van der Waals surface area contributed by atoms with Crippen LogP contribution in [0, 0.1) is 0 Å². The van der Waals surface area contributed by atoms with Gasteiger partial charge < -0.3 is 9.84 Å². The van der Waals surface area contributed by atoms with Gasteiger partial charge in [-0.3, -0.25) is 4.79 Å². The first-order chi connectivity index (χ1) is 9.13. The van der Waals surface area contributed by atoms with Crippen molar-refractivity contribution in [1.29, 1.82) is 0 Å². The van der Waals surface area contributed by atoms with Crippen molar-refractivity contribution >= 4 is 5.78 Å². The van der Waals surface area contributed by atoms with Gasteiger partial charge in [0.05, 0.1) is 12.7 Å². The Hall–Kier alpha value is -1.35. The number of hydrogen-bond donors (Lipinski definition) is 1. The van der Waals surface area contributed by atoms with Crippen molar-refractivity contribution in [1.82, 2.24) is 0 Å². The molecule has 1 aliphatic rings. The molecule has 1 aliphatic carbocycles. The van der Waals surface area contributed by atoms with E-state index in [-0.39, 0.29) is 5.78 Å². The molecule has 2 rings (SSSR count). The molecule has 104 valence electrons. The number of aliphatic hydroxyl groups is 1. The first-order valence-electron chi connectivity index (χ1n) is 7.03. The van der Waals surface area contributed by atoms with Gasteiger partial charge in [0.15, 0.2) is 5.78 Å². The molecule has 1 N–H and O–H groups in total. The lowest BCUT2D eigenvalue weighted by atomic mass is 9.81. The second-order valence-electron chi connectivity index (χ2n) is 5.44. The van der Waals surface area contributed by atoms with Crippen molar-refractivity contribution in [2.45, 2.75) is 50.5 Å². The van der Waals surface area contributed by atoms with Crippen LogP contribution in [0.4, 0.5) is 0 Å². The highest BCUT2D eigenvalue weighted by Gasteiger charge is 2.29. The van der Waals surface area contributed by atoms with Crippen LogP contribution in [0.25, 0.3) is 0 Å². The number of Topliss-reactive ketones (excluding diaryl/α,β-unsaturated/α-hetero) is 1. The predicted octanol–water partition coefficient (Wildman–Crippen LogP) is 3.35. The van der Waals surface area contributed by atoms with Gasteiger partial charge in [-0.25, -0.2) is 0 Å². The van der Waals surface area contributed by atoms with Crippen molar-refractivity contribution in [2.75, 3.05) is 7.11 Å². The normalized spacial score (nSPS) is 18.0. The van der Waals surface area contributed by atoms with E-state index in [1.54, 1.807) is 31.4 Å². The Bertz CT molecular complexity index is 416. The van der Waals surface area contributed by atoms with Crippen molar-refractivity contribution < 1.29 is 14.6 Å². The fourth-order valence-electron chi connectivity index (χ4n) is 2.73. The van der Waals surface area contributed by atoms with Crippen LogP contribution in [0.2, 0.25) is 0 Å². The molecule has 0 atom stereocenters. The van der Waals surface area contributed by atoms with Gasteiger partial charge in [-0.15, -0.1) is 0 Å². The highest BCUT2D eigenvalue weighted by Crippen LogP contribution is 2.32. The predicted molar refractivity (Wildman–Crippen MR) is 74.6 cm³/mol. The number of ketones is 1. The van der Waals surface area contributed by atoms with Crippen LogP contribution in [0.5, 0.6) is 5.75 Å². The summed E-state index contributed by atoms with van der Waals surface area (Å²) in [6.45, 7) is 0. The van der Waals surface area contributed by atoms with Crippen LogP contribution < -0.4 is 4.74 Å². The number of carbonyl (C=O) groups is 1. The highest BCUT2D eigenvalue weighted by atomic mass is 16.5. The lowest BCUT2D eigenvalue weighted by molar-refractivity contribution is -0.00455. The monoisotopic (exact) mass is 262 g/mol. The van der Waals surface area contributed by atoms with Crippen molar-refractivity contribution in [2.24, 2.45) is 0 Å². The van der Waals surface area contributed by atoms with E-state index < -0.39 is 5.60 Å². The molecular formula is C16H22O3. The molecule has 0 bridgehead atoms. The minimum absolute atomic E-state index is 0.0988. The molecule has 1 fully saturated rings.